The Morgan fingerprint density at radius 1 is 1.56 bits per heavy atom. The van der Waals surface area contributed by atoms with Gasteiger partial charge in [0.25, 0.3) is 0 Å². The highest BCUT2D eigenvalue weighted by Crippen LogP contribution is 2.32. The number of nitrogens with zero attached hydrogens (tertiary/aromatic N) is 1. The average molecular weight is 248 g/mol. The predicted octanol–water partition coefficient (Wildman–Crippen LogP) is 0.789. The van der Waals surface area contributed by atoms with Crippen LogP contribution in [0.3, 0.4) is 0 Å². The molecule has 96 valence electrons. The molecule has 1 aromatic rings. The lowest BCUT2D eigenvalue weighted by Crippen LogP contribution is -2.25. The van der Waals surface area contributed by atoms with Crippen LogP contribution in [0.25, 0.3) is 0 Å². The van der Waals surface area contributed by atoms with Crippen LogP contribution in [-0.4, -0.2) is 35.4 Å². The molecule has 0 saturated carbocycles. The zero-order valence-electron chi connectivity index (χ0n) is 10.0. The van der Waals surface area contributed by atoms with Crippen LogP contribution in [0.4, 0.5) is 0 Å². The Labute approximate surface area is 105 Å². The molecule has 0 aliphatic carbocycles. The first-order valence-corrected chi connectivity index (χ1v) is 5.93. The lowest BCUT2D eigenvalue weighted by Gasteiger charge is -2.19. The van der Waals surface area contributed by atoms with Gasteiger partial charge < -0.3 is 15.6 Å². The first kappa shape index (κ1) is 12.7. The summed E-state index contributed by atoms with van der Waals surface area (Å²) in [6.45, 7) is 2.01. The number of rotatable bonds is 5. The van der Waals surface area contributed by atoms with Gasteiger partial charge in [-0.1, -0.05) is 6.07 Å². The maximum atomic E-state index is 11.2. The van der Waals surface area contributed by atoms with Gasteiger partial charge >= 0.3 is 5.97 Å². The Morgan fingerprint density at radius 2 is 2.33 bits per heavy atom. The number of aromatic carboxylic acids is 1. The molecule has 1 unspecified atom stereocenters. The molecule has 0 spiro atoms. The zero-order chi connectivity index (χ0) is 13.1. The van der Waals surface area contributed by atoms with Crippen molar-refractivity contribution < 1.29 is 14.7 Å². The first-order chi connectivity index (χ1) is 8.67. The number of hydrogen-bond donors (Lipinski definition) is 2. The van der Waals surface area contributed by atoms with E-state index in [4.69, 9.17) is 10.8 Å². The summed E-state index contributed by atoms with van der Waals surface area (Å²) in [5, 5.41) is 8.96. The number of fused-ring (bicyclic) bond motifs is 1. The molecule has 0 fully saturated rings. The predicted molar refractivity (Wildman–Crippen MR) is 66.3 cm³/mol. The summed E-state index contributed by atoms with van der Waals surface area (Å²) < 4.78 is 0. The Balaban J connectivity index is 2.28. The van der Waals surface area contributed by atoms with Crippen molar-refractivity contribution >= 4 is 12.3 Å². The molecule has 0 aromatic heterocycles. The Kier molecular flexibility index (Phi) is 3.74. The van der Waals surface area contributed by atoms with Crippen molar-refractivity contribution in [3.63, 3.8) is 0 Å². The minimum absolute atomic E-state index is 0.223. The third kappa shape index (κ3) is 2.27. The van der Waals surface area contributed by atoms with E-state index < -0.39 is 5.97 Å². The maximum absolute atomic E-state index is 11.2. The average Bonchev–Trinajstić information content (AvgIpc) is 2.72. The van der Waals surface area contributed by atoms with E-state index >= 15 is 0 Å². The van der Waals surface area contributed by atoms with Crippen LogP contribution in [0.15, 0.2) is 18.2 Å². The zero-order valence-corrected chi connectivity index (χ0v) is 10.0. The summed E-state index contributed by atoms with van der Waals surface area (Å²) >= 11 is 0. The number of carboxylic acids is 1. The van der Waals surface area contributed by atoms with Gasteiger partial charge in [0, 0.05) is 13.1 Å². The Morgan fingerprint density at radius 3 is 2.94 bits per heavy atom. The minimum Gasteiger partial charge on any atom is -0.478 e. The van der Waals surface area contributed by atoms with Gasteiger partial charge in [0.1, 0.15) is 6.29 Å². The van der Waals surface area contributed by atoms with Crippen molar-refractivity contribution in [1.29, 1.82) is 0 Å². The van der Waals surface area contributed by atoms with Crippen LogP contribution in [0, 0.1) is 0 Å². The van der Waals surface area contributed by atoms with Crippen LogP contribution in [0.1, 0.15) is 33.9 Å². The molecule has 0 amide bonds. The van der Waals surface area contributed by atoms with Gasteiger partial charge in [-0.15, -0.1) is 0 Å². The fraction of sp³-hybridized carbons (Fsp3) is 0.385. The fourth-order valence-corrected chi connectivity index (χ4v) is 2.33. The summed E-state index contributed by atoms with van der Waals surface area (Å²) in [6.07, 6.45) is 1.69. The molecule has 5 nitrogen and oxygen atoms in total. The quantitative estimate of drug-likeness (QED) is 0.753. The van der Waals surface area contributed by atoms with E-state index in [1.165, 1.54) is 0 Å². The maximum Gasteiger partial charge on any atom is 0.335 e. The van der Waals surface area contributed by atoms with Gasteiger partial charge in [-0.3, -0.25) is 4.90 Å². The van der Waals surface area contributed by atoms with Crippen LogP contribution in [-0.2, 0) is 11.3 Å². The van der Waals surface area contributed by atoms with Crippen molar-refractivity contribution in [2.75, 3.05) is 13.1 Å². The van der Waals surface area contributed by atoms with E-state index in [1.54, 1.807) is 18.2 Å². The third-order valence-electron chi connectivity index (χ3n) is 3.26. The highest BCUT2D eigenvalue weighted by Gasteiger charge is 2.29. The number of benzene rings is 1. The van der Waals surface area contributed by atoms with Gasteiger partial charge in [0.15, 0.2) is 0 Å². The van der Waals surface area contributed by atoms with Crippen molar-refractivity contribution in [1.82, 2.24) is 4.90 Å². The van der Waals surface area contributed by atoms with Crippen molar-refractivity contribution in [2.24, 2.45) is 5.73 Å². The minimum atomic E-state index is -0.970. The third-order valence-corrected chi connectivity index (χ3v) is 3.26. The highest BCUT2D eigenvalue weighted by atomic mass is 16.4. The second-order valence-electron chi connectivity index (χ2n) is 4.41. The topological polar surface area (TPSA) is 83.6 Å². The Hall–Kier alpha value is -1.72. The summed E-state index contributed by atoms with van der Waals surface area (Å²) in [5.74, 6) is -0.970. The van der Waals surface area contributed by atoms with Gasteiger partial charge in [-0.2, -0.15) is 0 Å². The number of carbonyl (C=O) groups is 2. The number of carbonyl (C=O) groups excluding carboxylic acids is 1. The van der Waals surface area contributed by atoms with Crippen molar-refractivity contribution in [2.45, 2.75) is 19.0 Å². The summed E-state index contributed by atoms with van der Waals surface area (Å²) in [7, 11) is 0. The molecular formula is C13H16N2O3. The van der Waals surface area contributed by atoms with E-state index in [-0.39, 0.29) is 11.6 Å². The SMILES string of the molecule is NCCCN1Cc2ccc(C(=O)O)cc2C1C=O. The molecule has 0 saturated heterocycles. The van der Waals surface area contributed by atoms with Crippen LogP contribution >= 0.6 is 0 Å². The molecule has 1 aromatic carbocycles. The monoisotopic (exact) mass is 248 g/mol. The second-order valence-corrected chi connectivity index (χ2v) is 4.41. The molecule has 0 radical (unpaired) electrons. The van der Waals surface area contributed by atoms with Gasteiger partial charge in [-0.05, 0) is 36.2 Å². The normalized spacial score (nSPS) is 18.6. The fourth-order valence-electron chi connectivity index (χ4n) is 2.33. The Bertz CT molecular complexity index is 473. The highest BCUT2D eigenvalue weighted by molar-refractivity contribution is 5.88. The smallest absolute Gasteiger partial charge is 0.335 e. The standard InChI is InChI=1S/C13H16N2O3/c14-4-1-5-15-7-10-3-2-9(13(17)18)6-11(10)12(15)8-16/h2-3,6,8,12H,1,4-5,7,14H2,(H,17,18). The molecule has 3 N–H and O–H groups in total. The van der Waals surface area contributed by atoms with Crippen LogP contribution < -0.4 is 5.73 Å². The number of hydrogen-bond acceptors (Lipinski definition) is 4. The van der Waals surface area contributed by atoms with Gasteiger partial charge in [-0.25, -0.2) is 4.79 Å². The van der Waals surface area contributed by atoms with Crippen molar-refractivity contribution in [3.8, 4) is 0 Å². The van der Waals surface area contributed by atoms with Crippen molar-refractivity contribution in [3.05, 3.63) is 34.9 Å². The molecule has 1 aliphatic rings. The first-order valence-electron chi connectivity index (χ1n) is 5.93. The van der Waals surface area contributed by atoms with Gasteiger partial charge in [0.05, 0.1) is 11.6 Å². The van der Waals surface area contributed by atoms with E-state index in [9.17, 15) is 9.59 Å². The molecule has 1 atom stereocenters. The number of aldehydes is 1. The molecule has 0 bridgehead atoms. The van der Waals surface area contributed by atoms with E-state index in [1.807, 2.05) is 4.90 Å². The lowest BCUT2D eigenvalue weighted by atomic mass is 10.0. The molecule has 1 heterocycles. The van der Waals surface area contributed by atoms with Crippen LogP contribution in [0.5, 0.6) is 0 Å². The molecule has 5 heteroatoms. The summed E-state index contributed by atoms with van der Waals surface area (Å²) in [5.41, 5.74) is 7.52. The lowest BCUT2D eigenvalue weighted by molar-refractivity contribution is -0.112. The molecule has 2 rings (SSSR count). The second kappa shape index (κ2) is 5.29. The van der Waals surface area contributed by atoms with Gasteiger partial charge in [0.2, 0.25) is 0 Å². The molecule has 18 heavy (non-hydrogen) atoms. The molecular weight excluding hydrogens is 232 g/mol. The largest absolute Gasteiger partial charge is 0.478 e. The van der Waals surface area contributed by atoms with E-state index in [0.717, 1.165) is 30.4 Å². The molecule has 1 aliphatic heterocycles. The summed E-state index contributed by atoms with van der Waals surface area (Å²) in [6, 6.07) is 4.62. The number of carboxylic acid groups (broad SMARTS) is 1. The van der Waals surface area contributed by atoms with E-state index in [2.05, 4.69) is 0 Å². The number of nitrogens with two attached hydrogens (primary N) is 1. The van der Waals surface area contributed by atoms with Crippen LogP contribution in [0.2, 0.25) is 0 Å². The van der Waals surface area contributed by atoms with E-state index in [0.29, 0.717) is 13.1 Å². The summed E-state index contributed by atoms with van der Waals surface area (Å²) in [4.78, 5) is 24.2.